The molecular formula is C17H13N5OS. The zero-order valence-corrected chi connectivity index (χ0v) is 13.6. The fourth-order valence-corrected chi connectivity index (χ4v) is 3.47. The van der Waals surface area contributed by atoms with Crippen LogP contribution < -0.4 is 5.32 Å². The van der Waals surface area contributed by atoms with Gasteiger partial charge in [0.05, 0.1) is 17.4 Å². The SMILES string of the molecule is Cn1cnnc1-c1cncc(NC(=O)c2csc3ccccc23)c1. The van der Waals surface area contributed by atoms with E-state index in [1.165, 1.54) is 0 Å². The molecule has 0 saturated carbocycles. The average molecular weight is 335 g/mol. The number of aromatic nitrogens is 4. The molecule has 118 valence electrons. The predicted molar refractivity (Wildman–Crippen MR) is 94.0 cm³/mol. The van der Waals surface area contributed by atoms with Crippen LogP contribution in [0.25, 0.3) is 21.5 Å². The summed E-state index contributed by atoms with van der Waals surface area (Å²) in [5.74, 6) is 0.545. The molecule has 4 aromatic rings. The number of benzene rings is 1. The maximum atomic E-state index is 12.6. The van der Waals surface area contributed by atoms with Crippen molar-refractivity contribution in [1.82, 2.24) is 19.7 Å². The summed E-state index contributed by atoms with van der Waals surface area (Å²) in [5, 5.41) is 13.7. The third kappa shape index (κ3) is 2.55. The number of thiophene rings is 1. The van der Waals surface area contributed by atoms with Gasteiger partial charge in [0.25, 0.3) is 5.91 Å². The smallest absolute Gasteiger partial charge is 0.257 e. The van der Waals surface area contributed by atoms with Crippen LogP contribution in [-0.4, -0.2) is 25.7 Å². The van der Waals surface area contributed by atoms with Crippen molar-refractivity contribution in [1.29, 1.82) is 0 Å². The Bertz CT molecular complexity index is 1040. The molecule has 0 fully saturated rings. The fourth-order valence-electron chi connectivity index (χ4n) is 2.53. The van der Waals surface area contributed by atoms with Gasteiger partial charge in [-0.1, -0.05) is 18.2 Å². The van der Waals surface area contributed by atoms with E-state index in [0.717, 1.165) is 15.6 Å². The molecule has 0 bridgehead atoms. The molecule has 7 heteroatoms. The molecule has 6 nitrogen and oxygen atoms in total. The number of anilines is 1. The number of aryl methyl sites for hydroxylation is 1. The van der Waals surface area contributed by atoms with E-state index in [1.54, 1.807) is 34.6 Å². The minimum absolute atomic E-state index is 0.149. The summed E-state index contributed by atoms with van der Waals surface area (Å²) in [6.45, 7) is 0. The van der Waals surface area contributed by atoms with Crippen molar-refractivity contribution in [2.45, 2.75) is 0 Å². The Balaban J connectivity index is 1.64. The van der Waals surface area contributed by atoms with Crippen LogP contribution in [0.4, 0.5) is 5.69 Å². The minimum atomic E-state index is -0.149. The molecule has 0 aliphatic rings. The molecule has 0 atom stereocenters. The third-order valence-corrected chi connectivity index (χ3v) is 4.65. The van der Waals surface area contributed by atoms with E-state index in [4.69, 9.17) is 0 Å². The van der Waals surface area contributed by atoms with E-state index in [0.29, 0.717) is 17.1 Å². The van der Waals surface area contributed by atoms with E-state index < -0.39 is 0 Å². The number of carbonyl (C=O) groups is 1. The van der Waals surface area contributed by atoms with Crippen LogP contribution in [0, 0.1) is 0 Å². The first-order valence-electron chi connectivity index (χ1n) is 7.29. The standard InChI is InChI=1S/C17H13N5OS/c1-22-10-19-21-16(22)11-6-12(8-18-7-11)20-17(23)14-9-24-15-5-3-2-4-13(14)15/h2-10H,1H3,(H,20,23). The first-order valence-corrected chi connectivity index (χ1v) is 8.17. The van der Waals surface area contributed by atoms with Gasteiger partial charge in [-0.2, -0.15) is 0 Å². The van der Waals surface area contributed by atoms with E-state index in [2.05, 4.69) is 20.5 Å². The van der Waals surface area contributed by atoms with Crippen LogP contribution in [0.3, 0.4) is 0 Å². The largest absolute Gasteiger partial charge is 0.321 e. The van der Waals surface area contributed by atoms with E-state index >= 15 is 0 Å². The number of pyridine rings is 1. The van der Waals surface area contributed by atoms with Crippen LogP contribution in [-0.2, 0) is 7.05 Å². The monoisotopic (exact) mass is 335 g/mol. The van der Waals surface area contributed by atoms with Crippen molar-refractivity contribution in [3.8, 4) is 11.4 Å². The lowest BCUT2D eigenvalue weighted by atomic mass is 10.1. The highest BCUT2D eigenvalue weighted by Gasteiger charge is 2.13. The molecule has 0 saturated heterocycles. The summed E-state index contributed by atoms with van der Waals surface area (Å²) in [6.07, 6.45) is 4.93. The Morgan fingerprint density at radius 3 is 2.96 bits per heavy atom. The second-order valence-corrected chi connectivity index (χ2v) is 6.24. The molecule has 24 heavy (non-hydrogen) atoms. The average Bonchev–Trinajstić information content (AvgIpc) is 3.21. The second-order valence-electron chi connectivity index (χ2n) is 5.33. The first-order chi connectivity index (χ1) is 11.7. The van der Waals surface area contributed by atoms with Gasteiger partial charge in [-0.05, 0) is 12.1 Å². The molecule has 1 N–H and O–H groups in total. The number of rotatable bonds is 3. The van der Waals surface area contributed by atoms with Crippen molar-refractivity contribution < 1.29 is 4.79 Å². The van der Waals surface area contributed by atoms with Gasteiger partial charge in [-0.25, -0.2) is 0 Å². The van der Waals surface area contributed by atoms with Gasteiger partial charge >= 0.3 is 0 Å². The Labute approximate surface area is 141 Å². The number of nitrogens with one attached hydrogen (secondary N) is 1. The van der Waals surface area contributed by atoms with E-state index in [-0.39, 0.29) is 5.91 Å². The molecule has 0 unspecified atom stereocenters. The van der Waals surface area contributed by atoms with Gasteiger partial charge in [0, 0.05) is 34.3 Å². The molecule has 3 aromatic heterocycles. The molecule has 0 radical (unpaired) electrons. The number of nitrogens with zero attached hydrogens (tertiary/aromatic N) is 4. The van der Waals surface area contributed by atoms with Crippen molar-refractivity contribution in [3.63, 3.8) is 0 Å². The summed E-state index contributed by atoms with van der Waals surface area (Å²) in [7, 11) is 1.86. The topological polar surface area (TPSA) is 72.7 Å². The lowest BCUT2D eigenvalue weighted by Gasteiger charge is -2.06. The maximum Gasteiger partial charge on any atom is 0.257 e. The molecule has 0 aliphatic heterocycles. The van der Waals surface area contributed by atoms with Crippen LogP contribution in [0.15, 0.2) is 54.4 Å². The lowest BCUT2D eigenvalue weighted by Crippen LogP contribution is -2.11. The molecular weight excluding hydrogens is 322 g/mol. The van der Waals surface area contributed by atoms with Gasteiger partial charge in [-0.3, -0.25) is 9.78 Å². The number of fused-ring (bicyclic) bond motifs is 1. The molecule has 0 aliphatic carbocycles. The van der Waals surface area contributed by atoms with Crippen LogP contribution in [0.1, 0.15) is 10.4 Å². The van der Waals surface area contributed by atoms with Gasteiger partial charge in [0.15, 0.2) is 5.82 Å². The summed E-state index contributed by atoms with van der Waals surface area (Å²) in [6, 6.07) is 9.70. The van der Waals surface area contributed by atoms with Gasteiger partial charge < -0.3 is 9.88 Å². The summed E-state index contributed by atoms with van der Waals surface area (Å²) < 4.78 is 2.89. The Kier molecular flexibility index (Phi) is 3.55. The van der Waals surface area contributed by atoms with Gasteiger partial charge in [0.2, 0.25) is 0 Å². The molecule has 4 rings (SSSR count). The Morgan fingerprint density at radius 2 is 2.12 bits per heavy atom. The summed E-state index contributed by atoms with van der Waals surface area (Å²) >= 11 is 1.56. The first kappa shape index (κ1) is 14.5. The van der Waals surface area contributed by atoms with Gasteiger partial charge in [-0.15, -0.1) is 21.5 Å². The molecule has 3 heterocycles. The molecule has 0 spiro atoms. The highest BCUT2D eigenvalue weighted by molar-refractivity contribution is 7.17. The van der Waals surface area contributed by atoms with Gasteiger partial charge in [0.1, 0.15) is 6.33 Å². The lowest BCUT2D eigenvalue weighted by molar-refractivity contribution is 0.102. The zero-order valence-electron chi connectivity index (χ0n) is 12.8. The quantitative estimate of drug-likeness (QED) is 0.623. The number of hydrogen-bond donors (Lipinski definition) is 1. The molecule has 1 amide bonds. The third-order valence-electron chi connectivity index (χ3n) is 3.69. The summed E-state index contributed by atoms with van der Waals surface area (Å²) in [4.78, 5) is 16.8. The van der Waals surface area contributed by atoms with Crippen LogP contribution in [0.5, 0.6) is 0 Å². The Hall–Kier alpha value is -3.06. The predicted octanol–water partition coefficient (Wildman–Crippen LogP) is 3.34. The number of amides is 1. The minimum Gasteiger partial charge on any atom is -0.321 e. The van der Waals surface area contributed by atoms with E-state index in [9.17, 15) is 4.79 Å². The Morgan fingerprint density at radius 1 is 1.25 bits per heavy atom. The normalized spacial score (nSPS) is 10.9. The number of carbonyl (C=O) groups excluding carboxylic acids is 1. The number of hydrogen-bond acceptors (Lipinski definition) is 5. The van der Waals surface area contributed by atoms with Crippen LogP contribution >= 0.6 is 11.3 Å². The zero-order chi connectivity index (χ0) is 16.5. The van der Waals surface area contributed by atoms with Crippen molar-refractivity contribution >= 4 is 33.0 Å². The van der Waals surface area contributed by atoms with E-state index in [1.807, 2.05) is 42.8 Å². The highest BCUT2D eigenvalue weighted by atomic mass is 32.1. The van der Waals surface area contributed by atoms with Crippen LogP contribution in [0.2, 0.25) is 0 Å². The summed E-state index contributed by atoms with van der Waals surface area (Å²) in [5.41, 5.74) is 2.08. The fraction of sp³-hybridized carbons (Fsp3) is 0.0588. The van der Waals surface area contributed by atoms with Crippen molar-refractivity contribution in [2.75, 3.05) is 5.32 Å². The van der Waals surface area contributed by atoms with Crippen molar-refractivity contribution in [3.05, 3.63) is 60.0 Å². The second kappa shape index (κ2) is 5.86. The highest BCUT2D eigenvalue weighted by Crippen LogP contribution is 2.26. The molecule has 1 aromatic carbocycles. The maximum absolute atomic E-state index is 12.6. The van der Waals surface area contributed by atoms with Crippen molar-refractivity contribution in [2.24, 2.45) is 7.05 Å².